The van der Waals surface area contributed by atoms with E-state index in [-0.39, 0.29) is 11.8 Å². The predicted molar refractivity (Wildman–Crippen MR) is 121 cm³/mol. The zero-order valence-electron chi connectivity index (χ0n) is 18.4. The number of nitrogens with zero attached hydrogens (tertiary/aromatic N) is 3. The number of amides is 1. The molecule has 4 rings (SSSR count). The third kappa shape index (κ3) is 4.97. The Morgan fingerprint density at radius 1 is 1.23 bits per heavy atom. The summed E-state index contributed by atoms with van der Waals surface area (Å²) in [5, 5.41) is 3.50. The van der Waals surface area contributed by atoms with Gasteiger partial charge in [-0.15, -0.1) is 0 Å². The van der Waals surface area contributed by atoms with Crippen LogP contribution in [0.3, 0.4) is 0 Å². The van der Waals surface area contributed by atoms with Crippen LogP contribution in [0.25, 0.3) is 0 Å². The molecule has 1 aromatic rings. The molecular formula is C24H37N5O. The number of hydrogen-bond donors (Lipinski definition) is 2. The molecule has 1 spiro atoms. The first-order chi connectivity index (χ1) is 14.6. The van der Waals surface area contributed by atoms with E-state index in [9.17, 15) is 4.79 Å². The number of aliphatic imine (C=N–C) groups is 1. The Kier molecular flexibility index (Phi) is 6.61. The minimum absolute atomic E-state index is 0.00590. The van der Waals surface area contributed by atoms with E-state index in [4.69, 9.17) is 10.7 Å². The monoisotopic (exact) mass is 411 g/mol. The standard InChI is InChI=1S/C24H37N5O/c1-2-26-23(29-13-11-24(18-29)9-5-10-24)27-15-19-6-3-7-20(14-19)16-28-12-4-8-21(17-28)22(25)30/h3,6-7,14,21H,2,4-5,8-13,15-18H2,1H3,(H2,25,30)(H,26,27). The van der Waals surface area contributed by atoms with Crippen LogP contribution in [-0.2, 0) is 17.9 Å². The van der Waals surface area contributed by atoms with Crippen LogP contribution in [0.15, 0.2) is 29.3 Å². The second kappa shape index (κ2) is 9.38. The molecule has 6 heteroatoms. The molecule has 3 fully saturated rings. The van der Waals surface area contributed by atoms with E-state index in [0.29, 0.717) is 12.0 Å². The summed E-state index contributed by atoms with van der Waals surface area (Å²) in [5.41, 5.74) is 8.63. The molecule has 1 amide bonds. The highest BCUT2D eigenvalue weighted by Crippen LogP contribution is 2.47. The summed E-state index contributed by atoms with van der Waals surface area (Å²) >= 11 is 0. The number of rotatable bonds is 6. The van der Waals surface area contributed by atoms with E-state index in [1.807, 2.05) is 0 Å². The van der Waals surface area contributed by atoms with Crippen LogP contribution in [-0.4, -0.2) is 54.4 Å². The third-order valence-electron chi connectivity index (χ3n) is 7.20. The molecule has 0 aromatic heterocycles. The number of nitrogens with two attached hydrogens (primary N) is 1. The van der Waals surface area contributed by atoms with Gasteiger partial charge in [-0.1, -0.05) is 30.7 Å². The molecule has 164 valence electrons. The van der Waals surface area contributed by atoms with Crippen molar-refractivity contribution in [3.8, 4) is 0 Å². The maximum absolute atomic E-state index is 11.6. The quantitative estimate of drug-likeness (QED) is 0.558. The summed E-state index contributed by atoms with van der Waals surface area (Å²) in [4.78, 5) is 21.3. The Balaban J connectivity index is 1.37. The molecule has 1 unspecified atom stereocenters. The molecule has 30 heavy (non-hydrogen) atoms. The fourth-order valence-electron chi connectivity index (χ4n) is 5.31. The van der Waals surface area contributed by atoms with Gasteiger partial charge in [0.25, 0.3) is 0 Å². The molecule has 2 aliphatic heterocycles. The van der Waals surface area contributed by atoms with Crippen LogP contribution < -0.4 is 11.1 Å². The molecule has 1 atom stereocenters. The largest absolute Gasteiger partial charge is 0.369 e. The number of carbonyl (C=O) groups excluding carboxylic acids is 1. The normalized spacial score (nSPS) is 24.1. The Labute approximate surface area is 180 Å². The average Bonchev–Trinajstić information content (AvgIpc) is 3.18. The molecular weight excluding hydrogens is 374 g/mol. The molecule has 0 radical (unpaired) electrons. The molecule has 3 N–H and O–H groups in total. The lowest BCUT2D eigenvalue weighted by Crippen LogP contribution is -2.42. The van der Waals surface area contributed by atoms with Gasteiger partial charge in [0.15, 0.2) is 5.96 Å². The van der Waals surface area contributed by atoms with Gasteiger partial charge in [0.05, 0.1) is 12.5 Å². The van der Waals surface area contributed by atoms with E-state index in [0.717, 1.165) is 58.1 Å². The summed E-state index contributed by atoms with van der Waals surface area (Å²) in [6.07, 6.45) is 7.45. The van der Waals surface area contributed by atoms with Gasteiger partial charge in [-0.05, 0) is 62.1 Å². The lowest BCUT2D eigenvalue weighted by molar-refractivity contribution is -0.123. The Bertz CT molecular complexity index is 773. The van der Waals surface area contributed by atoms with Crippen molar-refractivity contribution in [2.75, 3.05) is 32.7 Å². The summed E-state index contributed by atoms with van der Waals surface area (Å²) in [5.74, 6) is 0.893. The highest BCUT2D eigenvalue weighted by atomic mass is 16.1. The molecule has 3 aliphatic rings. The SMILES string of the molecule is CCNC(=NCc1cccc(CN2CCCC(C(N)=O)C2)c1)N1CCC2(CCC2)C1. The number of guanidine groups is 1. The van der Waals surface area contributed by atoms with Crippen molar-refractivity contribution in [1.29, 1.82) is 0 Å². The van der Waals surface area contributed by atoms with E-state index >= 15 is 0 Å². The summed E-state index contributed by atoms with van der Waals surface area (Å²) < 4.78 is 0. The molecule has 2 saturated heterocycles. The lowest BCUT2D eigenvalue weighted by Gasteiger charge is -2.38. The predicted octanol–water partition coefficient (Wildman–Crippen LogP) is 2.73. The van der Waals surface area contributed by atoms with Gasteiger partial charge in [-0.25, -0.2) is 4.99 Å². The number of likely N-dealkylation sites (tertiary alicyclic amines) is 2. The Morgan fingerprint density at radius 3 is 2.77 bits per heavy atom. The van der Waals surface area contributed by atoms with Gasteiger partial charge in [-0.3, -0.25) is 9.69 Å². The second-order valence-electron chi connectivity index (χ2n) is 9.49. The zero-order valence-corrected chi connectivity index (χ0v) is 18.4. The number of nitrogens with one attached hydrogen (secondary N) is 1. The lowest BCUT2D eigenvalue weighted by atomic mass is 9.68. The fourth-order valence-corrected chi connectivity index (χ4v) is 5.31. The summed E-state index contributed by atoms with van der Waals surface area (Å²) in [6, 6.07) is 8.73. The summed E-state index contributed by atoms with van der Waals surface area (Å²) in [6.45, 7) is 8.71. The van der Waals surface area contributed by atoms with Crippen LogP contribution in [0.1, 0.15) is 56.6 Å². The third-order valence-corrected chi connectivity index (χ3v) is 7.20. The van der Waals surface area contributed by atoms with Crippen molar-refractivity contribution in [2.24, 2.45) is 22.1 Å². The van der Waals surface area contributed by atoms with E-state index < -0.39 is 0 Å². The molecule has 1 saturated carbocycles. The van der Waals surface area contributed by atoms with E-state index in [2.05, 4.69) is 46.3 Å². The minimum Gasteiger partial charge on any atom is -0.369 e. The van der Waals surface area contributed by atoms with Crippen molar-refractivity contribution < 1.29 is 4.79 Å². The van der Waals surface area contributed by atoms with Crippen molar-refractivity contribution in [1.82, 2.24) is 15.1 Å². The van der Waals surface area contributed by atoms with Crippen LogP contribution in [0.5, 0.6) is 0 Å². The fraction of sp³-hybridized carbons (Fsp3) is 0.667. The van der Waals surface area contributed by atoms with Crippen LogP contribution >= 0.6 is 0 Å². The highest BCUT2D eigenvalue weighted by Gasteiger charge is 2.43. The second-order valence-corrected chi connectivity index (χ2v) is 9.49. The van der Waals surface area contributed by atoms with Crippen LogP contribution in [0.2, 0.25) is 0 Å². The average molecular weight is 412 g/mol. The topological polar surface area (TPSA) is 74.0 Å². The zero-order chi connectivity index (χ0) is 21.0. The first-order valence-electron chi connectivity index (χ1n) is 11.7. The number of hydrogen-bond acceptors (Lipinski definition) is 3. The number of primary amides is 1. The Morgan fingerprint density at radius 2 is 2.07 bits per heavy atom. The van der Waals surface area contributed by atoms with Crippen molar-refractivity contribution in [3.63, 3.8) is 0 Å². The van der Waals surface area contributed by atoms with Crippen LogP contribution in [0, 0.1) is 11.3 Å². The highest BCUT2D eigenvalue weighted by molar-refractivity contribution is 5.80. The minimum atomic E-state index is -0.163. The van der Waals surface area contributed by atoms with Gasteiger partial charge in [0, 0.05) is 32.7 Å². The first kappa shape index (κ1) is 21.2. The van der Waals surface area contributed by atoms with Gasteiger partial charge >= 0.3 is 0 Å². The molecule has 2 heterocycles. The number of piperidine rings is 1. The summed E-state index contributed by atoms with van der Waals surface area (Å²) in [7, 11) is 0. The van der Waals surface area contributed by atoms with Crippen molar-refractivity contribution >= 4 is 11.9 Å². The van der Waals surface area contributed by atoms with Crippen molar-refractivity contribution in [2.45, 2.75) is 58.5 Å². The van der Waals surface area contributed by atoms with Crippen molar-refractivity contribution in [3.05, 3.63) is 35.4 Å². The molecule has 1 aliphatic carbocycles. The maximum Gasteiger partial charge on any atom is 0.221 e. The first-order valence-corrected chi connectivity index (χ1v) is 11.7. The Hall–Kier alpha value is -2.08. The van der Waals surface area contributed by atoms with Crippen LogP contribution in [0.4, 0.5) is 0 Å². The van der Waals surface area contributed by atoms with Gasteiger partial charge in [0.2, 0.25) is 5.91 Å². The smallest absolute Gasteiger partial charge is 0.221 e. The molecule has 0 bridgehead atoms. The number of benzene rings is 1. The van der Waals surface area contributed by atoms with E-state index in [1.54, 1.807) is 0 Å². The molecule has 1 aromatic carbocycles. The van der Waals surface area contributed by atoms with Gasteiger partial charge in [0.1, 0.15) is 0 Å². The maximum atomic E-state index is 11.6. The van der Waals surface area contributed by atoms with E-state index in [1.165, 1.54) is 36.8 Å². The van der Waals surface area contributed by atoms with Gasteiger partial charge in [-0.2, -0.15) is 0 Å². The van der Waals surface area contributed by atoms with Gasteiger partial charge < -0.3 is 16.0 Å². The molecule has 6 nitrogen and oxygen atoms in total. The number of carbonyl (C=O) groups is 1.